The Kier molecular flexibility index (Phi) is 2.16. The van der Waals surface area contributed by atoms with E-state index in [1.807, 2.05) is 31.0 Å². The zero-order valence-corrected chi connectivity index (χ0v) is 10.7. The summed E-state index contributed by atoms with van der Waals surface area (Å²) in [5.74, 6) is 0. The number of hydrogen-bond donors (Lipinski definition) is 0. The highest BCUT2D eigenvalue weighted by molar-refractivity contribution is 6.34. The molecule has 1 unspecified atom stereocenters. The van der Waals surface area contributed by atoms with Crippen molar-refractivity contribution in [1.29, 1.82) is 0 Å². The summed E-state index contributed by atoms with van der Waals surface area (Å²) in [5.41, 5.74) is 3.97. The molecule has 1 aliphatic heterocycles. The number of pyridine rings is 1. The van der Waals surface area contributed by atoms with Gasteiger partial charge in [0, 0.05) is 32.1 Å². The lowest BCUT2D eigenvalue weighted by atomic mass is 9.99. The Hall–Kier alpha value is -1.55. The van der Waals surface area contributed by atoms with Crippen LogP contribution in [0.2, 0.25) is 5.02 Å². The van der Waals surface area contributed by atoms with Gasteiger partial charge in [-0.05, 0) is 13.0 Å². The van der Waals surface area contributed by atoms with Crippen LogP contribution in [0.25, 0.3) is 11.4 Å². The van der Waals surface area contributed by atoms with E-state index in [-0.39, 0.29) is 6.04 Å². The van der Waals surface area contributed by atoms with E-state index in [9.17, 15) is 0 Å². The van der Waals surface area contributed by atoms with Crippen molar-refractivity contribution in [2.75, 3.05) is 11.9 Å². The molecule has 0 amide bonds. The molecular weight excluding hydrogens is 236 g/mol. The van der Waals surface area contributed by atoms with E-state index in [4.69, 9.17) is 11.6 Å². The first-order chi connectivity index (χ1) is 8.09. The molecule has 0 aliphatic carbocycles. The van der Waals surface area contributed by atoms with Gasteiger partial charge in [0.25, 0.3) is 0 Å². The molecule has 0 aromatic carbocycles. The smallest absolute Gasteiger partial charge is 0.118 e. The van der Waals surface area contributed by atoms with Crippen LogP contribution in [0.15, 0.2) is 18.5 Å². The van der Waals surface area contributed by atoms with Crippen molar-refractivity contribution >= 4 is 17.3 Å². The molecule has 88 valence electrons. The maximum absolute atomic E-state index is 6.26. The zero-order chi connectivity index (χ0) is 12.2. The molecule has 17 heavy (non-hydrogen) atoms. The van der Waals surface area contributed by atoms with Crippen LogP contribution >= 0.6 is 11.6 Å². The minimum absolute atomic E-state index is 0.257. The Labute approximate surface area is 105 Å². The Balaban J connectivity index is 2.35. The van der Waals surface area contributed by atoms with E-state index in [1.54, 1.807) is 6.20 Å². The fourth-order valence-electron chi connectivity index (χ4n) is 2.34. The van der Waals surface area contributed by atoms with E-state index in [0.29, 0.717) is 0 Å². The lowest BCUT2D eigenvalue weighted by Crippen LogP contribution is -2.26. The van der Waals surface area contributed by atoms with Gasteiger partial charge >= 0.3 is 0 Å². The van der Waals surface area contributed by atoms with Crippen LogP contribution in [0.5, 0.6) is 0 Å². The topological polar surface area (TPSA) is 34.0 Å². The molecule has 0 bridgehead atoms. The number of aromatic nitrogens is 3. The van der Waals surface area contributed by atoms with Crippen LogP contribution in [0.4, 0.5) is 5.69 Å². The number of fused-ring (bicyclic) bond motifs is 3. The van der Waals surface area contributed by atoms with Crippen molar-refractivity contribution in [1.82, 2.24) is 14.8 Å². The molecule has 0 saturated carbocycles. The predicted molar refractivity (Wildman–Crippen MR) is 68.3 cm³/mol. The van der Waals surface area contributed by atoms with Crippen LogP contribution in [0.1, 0.15) is 18.5 Å². The van der Waals surface area contributed by atoms with Gasteiger partial charge in [-0.3, -0.25) is 9.67 Å². The van der Waals surface area contributed by atoms with E-state index in [2.05, 4.69) is 21.9 Å². The summed E-state index contributed by atoms with van der Waals surface area (Å²) in [7, 11) is 3.96. The van der Waals surface area contributed by atoms with Gasteiger partial charge in [-0.25, -0.2) is 0 Å². The first-order valence-electron chi connectivity index (χ1n) is 5.51. The van der Waals surface area contributed by atoms with Gasteiger partial charge in [0.1, 0.15) is 11.4 Å². The third-order valence-corrected chi connectivity index (χ3v) is 3.65. The van der Waals surface area contributed by atoms with E-state index >= 15 is 0 Å². The summed E-state index contributed by atoms with van der Waals surface area (Å²) in [6.45, 7) is 2.15. The minimum atomic E-state index is 0.257. The van der Waals surface area contributed by atoms with Crippen LogP contribution in [0.3, 0.4) is 0 Å². The van der Waals surface area contributed by atoms with Crippen LogP contribution < -0.4 is 4.90 Å². The first-order valence-corrected chi connectivity index (χ1v) is 5.88. The zero-order valence-electron chi connectivity index (χ0n) is 9.98. The number of hydrogen-bond acceptors (Lipinski definition) is 3. The highest BCUT2D eigenvalue weighted by atomic mass is 35.5. The number of aryl methyl sites for hydroxylation is 1. The van der Waals surface area contributed by atoms with Gasteiger partial charge in [-0.2, -0.15) is 5.10 Å². The summed E-state index contributed by atoms with van der Waals surface area (Å²) >= 11 is 6.26. The molecule has 3 heterocycles. The van der Waals surface area contributed by atoms with Gasteiger partial charge in [0.2, 0.25) is 0 Å². The molecule has 0 spiro atoms. The summed E-state index contributed by atoms with van der Waals surface area (Å²) in [5, 5.41) is 5.21. The molecular formula is C12H13ClN4. The van der Waals surface area contributed by atoms with Crippen LogP contribution in [-0.2, 0) is 7.05 Å². The van der Waals surface area contributed by atoms with Crippen LogP contribution in [0, 0.1) is 0 Å². The summed E-state index contributed by atoms with van der Waals surface area (Å²) in [6, 6.07) is 2.07. The van der Waals surface area contributed by atoms with Gasteiger partial charge < -0.3 is 4.90 Å². The third-order valence-electron chi connectivity index (χ3n) is 3.34. The molecule has 0 radical (unpaired) electrons. The molecule has 0 saturated heterocycles. The maximum atomic E-state index is 6.26. The summed E-state index contributed by atoms with van der Waals surface area (Å²) in [6.07, 6.45) is 3.77. The van der Waals surface area contributed by atoms with Gasteiger partial charge in [0.15, 0.2) is 0 Å². The van der Waals surface area contributed by atoms with Gasteiger partial charge in [-0.15, -0.1) is 0 Å². The number of anilines is 1. The van der Waals surface area contributed by atoms with E-state index in [0.717, 1.165) is 22.1 Å². The van der Waals surface area contributed by atoms with Gasteiger partial charge in [-0.1, -0.05) is 11.6 Å². The van der Waals surface area contributed by atoms with Gasteiger partial charge in [0.05, 0.1) is 16.8 Å². The summed E-state index contributed by atoms with van der Waals surface area (Å²) in [4.78, 5) is 6.57. The Morgan fingerprint density at radius 2 is 2.06 bits per heavy atom. The monoisotopic (exact) mass is 248 g/mol. The molecule has 2 aromatic rings. The van der Waals surface area contributed by atoms with E-state index < -0.39 is 0 Å². The Bertz CT molecular complexity index is 590. The van der Waals surface area contributed by atoms with Crippen molar-refractivity contribution in [3.8, 4) is 11.4 Å². The second kappa shape index (κ2) is 3.47. The molecule has 1 aliphatic rings. The number of rotatable bonds is 0. The standard InChI is InChI=1S/C12H13ClN4/c1-7-8-6-16(2)15-10(8)11-12(17(7)3)9(13)4-5-14-11/h4-7H,1-3H3. The average Bonchev–Trinajstić information content (AvgIpc) is 2.68. The largest absolute Gasteiger partial charge is 0.365 e. The number of nitrogens with zero attached hydrogens (tertiary/aromatic N) is 4. The highest BCUT2D eigenvalue weighted by Gasteiger charge is 2.30. The fourth-order valence-corrected chi connectivity index (χ4v) is 2.62. The molecule has 5 heteroatoms. The number of halogens is 1. The van der Waals surface area contributed by atoms with Crippen molar-refractivity contribution in [3.63, 3.8) is 0 Å². The van der Waals surface area contributed by atoms with Crippen molar-refractivity contribution in [2.45, 2.75) is 13.0 Å². The quantitative estimate of drug-likeness (QED) is 0.719. The summed E-state index contributed by atoms with van der Waals surface area (Å²) < 4.78 is 1.83. The molecule has 2 aromatic heterocycles. The lowest BCUT2D eigenvalue weighted by Gasteiger charge is -2.32. The Morgan fingerprint density at radius 1 is 1.29 bits per heavy atom. The first kappa shape index (κ1) is 10.6. The minimum Gasteiger partial charge on any atom is -0.365 e. The highest BCUT2D eigenvalue weighted by Crippen LogP contribution is 2.44. The fraction of sp³-hybridized carbons (Fsp3) is 0.333. The van der Waals surface area contributed by atoms with E-state index in [1.165, 1.54) is 5.56 Å². The molecule has 4 nitrogen and oxygen atoms in total. The van der Waals surface area contributed by atoms with Crippen LogP contribution in [-0.4, -0.2) is 21.8 Å². The second-order valence-corrected chi connectivity index (χ2v) is 4.79. The third kappa shape index (κ3) is 1.37. The molecule has 0 N–H and O–H groups in total. The average molecular weight is 249 g/mol. The molecule has 3 rings (SSSR count). The molecule has 0 fully saturated rings. The van der Waals surface area contributed by atoms with Crippen molar-refractivity contribution in [3.05, 3.63) is 29.0 Å². The van der Waals surface area contributed by atoms with Crippen molar-refractivity contribution < 1.29 is 0 Å². The second-order valence-electron chi connectivity index (χ2n) is 4.38. The van der Waals surface area contributed by atoms with Crippen molar-refractivity contribution in [2.24, 2.45) is 7.05 Å². The predicted octanol–water partition coefficient (Wildman–Crippen LogP) is 2.65. The lowest BCUT2D eigenvalue weighted by molar-refractivity contribution is 0.727. The molecule has 1 atom stereocenters. The normalized spacial score (nSPS) is 17.9. The Morgan fingerprint density at radius 3 is 2.82 bits per heavy atom. The maximum Gasteiger partial charge on any atom is 0.118 e. The SMILES string of the molecule is CC1c2cn(C)nc2-c2nccc(Cl)c2N1C.